The molecule has 1 fully saturated rings. The predicted octanol–water partition coefficient (Wildman–Crippen LogP) is 5.82. The van der Waals surface area contributed by atoms with E-state index in [9.17, 15) is 32.7 Å². The van der Waals surface area contributed by atoms with Crippen LogP contribution >= 0.6 is 23.5 Å². The van der Waals surface area contributed by atoms with Gasteiger partial charge in [-0.25, -0.2) is 9.29 Å². The minimum absolute atomic E-state index is 0.0127. The van der Waals surface area contributed by atoms with Crippen LogP contribution < -0.4 is 10.9 Å². The second-order valence-corrected chi connectivity index (χ2v) is 13.9. The molecule has 4 aromatic rings. The highest BCUT2D eigenvalue weighted by atomic mass is 35.5. The van der Waals surface area contributed by atoms with E-state index in [0.717, 1.165) is 30.3 Å². The van der Waals surface area contributed by atoms with Gasteiger partial charge in [-0.05, 0) is 74.3 Å². The quantitative estimate of drug-likeness (QED) is 0.233. The number of pyridine rings is 1. The van der Waals surface area contributed by atoms with E-state index in [0.29, 0.717) is 68.8 Å². The van der Waals surface area contributed by atoms with Gasteiger partial charge in [0.15, 0.2) is 11.5 Å². The number of rotatable bonds is 6. The number of fused-ring (bicyclic) bond motifs is 3. The Morgan fingerprint density at radius 2 is 1.85 bits per heavy atom. The maximum absolute atomic E-state index is 14.3. The lowest BCUT2D eigenvalue weighted by Gasteiger charge is -2.39. The molecule has 0 unspecified atom stereocenters. The Hall–Kier alpha value is -4.41. The zero-order valence-electron chi connectivity index (χ0n) is 28.8. The van der Waals surface area contributed by atoms with Crippen molar-refractivity contribution in [2.24, 2.45) is 0 Å². The SMILES string of the molecule is CC.CSN1CC=C(c2nc3n(CC(=O)Nc4ccc(C(F)(F)F)cc4Cl)c4c(c(=O)n3n2)C2(CC4)CCN(C(=O)c3ncccc3O)CC2)CC1. The molecule has 52 heavy (non-hydrogen) atoms. The van der Waals surface area contributed by atoms with Crippen LogP contribution in [0.3, 0.4) is 0 Å². The number of hydrogen-bond acceptors (Lipinski definition) is 9. The summed E-state index contributed by atoms with van der Waals surface area (Å²) < 4.78 is 44.7. The van der Waals surface area contributed by atoms with E-state index in [1.807, 2.05) is 26.2 Å². The van der Waals surface area contributed by atoms with Crippen LogP contribution in [0.5, 0.6) is 5.75 Å². The first-order chi connectivity index (χ1) is 24.9. The Bertz CT molecular complexity index is 2110. The number of nitrogens with one attached hydrogen (secondary N) is 1. The van der Waals surface area contributed by atoms with Crippen LogP contribution in [-0.2, 0) is 29.4 Å². The zero-order chi connectivity index (χ0) is 37.4. The van der Waals surface area contributed by atoms with Crippen LogP contribution in [0, 0.1) is 0 Å². The molecule has 3 aliphatic rings. The molecule has 0 radical (unpaired) electrons. The first-order valence-corrected chi connectivity index (χ1v) is 18.6. The average Bonchev–Trinajstić information content (AvgIpc) is 3.75. The van der Waals surface area contributed by atoms with Crippen LogP contribution in [-0.4, -0.2) is 82.7 Å². The molecular weight excluding hydrogens is 721 g/mol. The Labute approximate surface area is 306 Å². The first-order valence-electron chi connectivity index (χ1n) is 17.0. The fourth-order valence-corrected chi connectivity index (χ4v) is 7.90. The molecule has 276 valence electrons. The van der Waals surface area contributed by atoms with Gasteiger partial charge in [0, 0.05) is 49.0 Å². The second-order valence-electron chi connectivity index (χ2n) is 12.6. The van der Waals surface area contributed by atoms with Crippen LogP contribution in [0.1, 0.15) is 72.7 Å². The molecule has 2 aliphatic heterocycles. The fraction of sp³-hybridized carbons (Fsp3) is 0.429. The van der Waals surface area contributed by atoms with E-state index >= 15 is 0 Å². The molecule has 1 spiro atoms. The van der Waals surface area contributed by atoms with Crippen LogP contribution in [0.25, 0.3) is 11.4 Å². The molecule has 1 aromatic carbocycles. The van der Waals surface area contributed by atoms with Crippen molar-refractivity contribution in [1.29, 1.82) is 0 Å². The van der Waals surface area contributed by atoms with Crippen molar-refractivity contribution in [3.8, 4) is 5.75 Å². The normalized spacial score (nSPS) is 17.1. The summed E-state index contributed by atoms with van der Waals surface area (Å²) in [6, 6.07) is 5.64. The summed E-state index contributed by atoms with van der Waals surface area (Å²) in [6.07, 6.45) is 3.50. The fourth-order valence-electron chi connectivity index (χ4n) is 7.17. The molecule has 12 nitrogen and oxygen atoms in total. The molecule has 1 saturated heterocycles. The minimum Gasteiger partial charge on any atom is -0.505 e. The number of halogens is 4. The number of aromatic hydroxyl groups is 1. The third-order valence-electron chi connectivity index (χ3n) is 9.81. The van der Waals surface area contributed by atoms with E-state index in [4.69, 9.17) is 16.6 Å². The topological polar surface area (TPSA) is 138 Å². The summed E-state index contributed by atoms with van der Waals surface area (Å²) in [5, 5.41) is 17.2. The number of piperidine rings is 1. The van der Waals surface area contributed by atoms with Crippen molar-refractivity contribution in [2.75, 3.05) is 37.8 Å². The Morgan fingerprint density at radius 1 is 1.10 bits per heavy atom. The maximum Gasteiger partial charge on any atom is 0.416 e. The summed E-state index contributed by atoms with van der Waals surface area (Å²) >= 11 is 7.77. The van der Waals surface area contributed by atoms with E-state index in [2.05, 4.69) is 19.7 Å². The number of carbonyl (C=O) groups excluding carboxylic acids is 2. The van der Waals surface area contributed by atoms with Gasteiger partial charge < -0.3 is 19.9 Å². The molecule has 7 rings (SSSR count). The Kier molecular flexibility index (Phi) is 10.7. The first kappa shape index (κ1) is 37.4. The number of benzene rings is 1. The summed E-state index contributed by atoms with van der Waals surface area (Å²) in [4.78, 5) is 51.5. The molecular formula is C35H38ClF3N8O4S. The molecule has 1 aliphatic carbocycles. The smallest absolute Gasteiger partial charge is 0.416 e. The van der Waals surface area contributed by atoms with Gasteiger partial charge in [-0.2, -0.15) is 22.7 Å². The highest BCUT2D eigenvalue weighted by Crippen LogP contribution is 2.45. The van der Waals surface area contributed by atoms with E-state index in [-0.39, 0.29) is 40.0 Å². The monoisotopic (exact) mass is 758 g/mol. The van der Waals surface area contributed by atoms with Gasteiger partial charge >= 0.3 is 6.18 Å². The number of hydrogen-bond donors (Lipinski definition) is 2. The second kappa shape index (κ2) is 14.9. The van der Waals surface area contributed by atoms with Crippen molar-refractivity contribution in [1.82, 2.24) is 33.4 Å². The lowest BCUT2D eigenvalue weighted by atomic mass is 9.74. The molecule has 0 saturated carbocycles. The van der Waals surface area contributed by atoms with Gasteiger partial charge in [-0.15, -0.1) is 5.10 Å². The largest absolute Gasteiger partial charge is 0.505 e. The molecule has 17 heteroatoms. The third-order valence-corrected chi connectivity index (χ3v) is 11.0. The van der Waals surface area contributed by atoms with Crippen molar-refractivity contribution >= 4 is 52.4 Å². The number of likely N-dealkylation sites (tertiary alicyclic amines) is 1. The van der Waals surface area contributed by atoms with Gasteiger partial charge in [0.05, 0.1) is 16.3 Å². The van der Waals surface area contributed by atoms with Crippen molar-refractivity contribution in [2.45, 2.75) is 64.1 Å². The lowest BCUT2D eigenvalue weighted by molar-refractivity contribution is -0.137. The lowest BCUT2D eigenvalue weighted by Crippen LogP contribution is -2.46. The number of nitrogens with zero attached hydrogens (tertiary/aromatic N) is 7. The number of anilines is 1. The summed E-state index contributed by atoms with van der Waals surface area (Å²) in [5.74, 6) is -0.615. The number of aromatic nitrogens is 5. The maximum atomic E-state index is 14.3. The van der Waals surface area contributed by atoms with E-state index in [1.54, 1.807) is 21.4 Å². The Balaban J connectivity index is 0.00000228. The summed E-state index contributed by atoms with van der Waals surface area (Å²) in [7, 11) is 0. The molecule has 0 atom stereocenters. The van der Waals surface area contributed by atoms with E-state index < -0.39 is 29.0 Å². The van der Waals surface area contributed by atoms with Crippen LogP contribution in [0.2, 0.25) is 5.02 Å². The van der Waals surface area contributed by atoms with Gasteiger partial charge in [0.25, 0.3) is 11.5 Å². The van der Waals surface area contributed by atoms with E-state index in [1.165, 1.54) is 22.8 Å². The van der Waals surface area contributed by atoms with Crippen molar-refractivity contribution in [3.05, 3.63) is 86.3 Å². The molecule has 2 N–H and O–H groups in total. The predicted molar refractivity (Wildman–Crippen MR) is 192 cm³/mol. The molecule has 2 amide bonds. The zero-order valence-corrected chi connectivity index (χ0v) is 30.4. The van der Waals surface area contributed by atoms with Gasteiger partial charge in [-0.1, -0.05) is 43.5 Å². The number of amides is 2. The third kappa shape index (κ3) is 7.03. The molecule has 5 heterocycles. The van der Waals surface area contributed by atoms with Gasteiger partial charge in [-0.3, -0.25) is 14.4 Å². The van der Waals surface area contributed by atoms with Gasteiger partial charge in [0.1, 0.15) is 12.3 Å². The van der Waals surface area contributed by atoms with Crippen LogP contribution in [0.15, 0.2) is 47.4 Å². The Morgan fingerprint density at radius 3 is 2.48 bits per heavy atom. The summed E-state index contributed by atoms with van der Waals surface area (Å²) in [5.41, 5.74) is 0.120. The molecule has 0 bridgehead atoms. The average molecular weight is 759 g/mol. The van der Waals surface area contributed by atoms with Crippen molar-refractivity contribution in [3.63, 3.8) is 0 Å². The standard InChI is InChI=1S/C33H32ClF3N8O4S.C2H6/c1-50-43-13-7-19(8-14-43)28-40-31-44(18-25(47)39-22-5-4-20(17-21(22)34)33(35,36)37)23-6-9-32(26(23)29(48)45(31)41-28)10-15-42(16-11-32)30(49)27-24(46)3-2-12-38-27;1-2/h2-5,7,12,17,46H,6,8-11,13-16,18H2,1H3,(H,39,47);1-2H3. The summed E-state index contributed by atoms with van der Waals surface area (Å²) in [6.45, 7) is 5.78. The highest BCUT2D eigenvalue weighted by Gasteiger charge is 2.46. The minimum atomic E-state index is -4.60. The van der Waals surface area contributed by atoms with Crippen molar-refractivity contribution < 1.29 is 27.9 Å². The van der Waals surface area contributed by atoms with Crippen LogP contribution in [0.4, 0.5) is 18.9 Å². The number of carbonyl (C=O) groups is 2. The van der Waals surface area contributed by atoms with Gasteiger partial charge in [0.2, 0.25) is 11.7 Å². The molecule has 3 aromatic heterocycles. The number of alkyl halides is 3. The highest BCUT2D eigenvalue weighted by molar-refractivity contribution is 7.96.